The summed E-state index contributed by atoms with van der Waals surface area (Å²) in [5, 5.41) is 0. The summed E-state index contributed by atoms with van der Waals surface area (Å²) in [6, 6.07) is 3.20. The number of nitrogens with zero attached hydrogens (tertiary/aromatic N) is 3. The number of imidazole rings is 1. The minimum Gasteiger partial charge on any atom is -0.329 e. The van der Waals surface area contributed by atoms with Crippen LogP contribution in [-0.4, -0.2) is 38.3 Å². The van der Waals surface area contributed by atoms with Gasteiger partial charge in [-0.2, -0.15) is 0 Å². The number of fused-ring (bicyclic) bond motifs is 1. The molecular formula is C12H12N4O2S. The second kappa shape index (κ2) is 4.27. The molecule has 1 N–H and O–H groups in total. The Hall–Kier alpha value is -2.02. The Morgan fingerprint density at radius 3 is 3.05 bits per heavy atom. The van der Waals surface area contributed by atoms with E-state index in [1.165, 1.54) is 7.05 Å². The van der Waals surface area contributed by atoms with Crippen molar-refractivity contribution in [1.82, 2.24) is 19.4 Å². The van der Waals surface area contributed by atoms with E-state index in [2.05, 4.69) is 9.97 Å². The van der Waals surface area contributed by atoms with Crippen LogP contribution >= 0.6 is 12.2 Å². The summed E-state index contributed by atoms with van der Waals surface area (Å²) >= 11 is 5.27. The average Bonchev–Trinajstić information content (AvgIpc) is 2.73. The van der Waals surface area contributed by atoms with Gasteiger partial charge >= 0.3 is 0 Å². The molecule has 1 aliphatic heterocycles. The summed E-state index contributed by atoms with van der Waals surface area (Å²) in [5.41, 5.74) is 1.44. The maximum Gasteiger partial charge on any atom is 0.252 e. The van der Waals surface area contributed by atoms with Gasteiger partial charge in [0.25, 0.3) is 5.91 Å². The van der Waals surface area contributed by atoms with Crippen LogP contribution < -0.4 is 0 Å². The summed E-state index contributed by atoms with van der Waals surface area (Å²) in [6.45, 7) is 0. The highest BCUT2D eigenvalue weighted by atomic mass is 32.1. The van der Waals surface area contributed by atoms with Crippen LogP contribution in [0.25, 0.3) is 11.2 Å². The molecule has 1 atom stereocenters. The van der Waals surface area contributed by atoms with E-state index in [-0.39, 0.29) is 11.8 Å². The van der Waals surface area contributed by atoms with E-state index in [1.807, 2.05) is 6.07 Å². The molecule has 2 aromatic rings. The second-order valence-corrected chi connectivity index (χ2v) is 4.91. The Kier molecular flexibility index (Phi) is 2.70. The Labute approximate surface area is 114 Å². The molecule has 3 heterocycles. The van der Waals surface area contributed by atoms with E-state index in [0.717, 1.165) is 10.4 Å². The molecule has 2 amide bonds. The Balaban J connectivity index is 2.15. The smallest absolute Gasteiger partial charge is 0.252 e. The summed E-state index contributed by atoms with van der Waals surface area (Å²) < 4.78 is 2.16. The first-order chi connectivity index (χ1) is 9.09. The number of piperidine rings is 1. The van der Waals surface area contributed by atoms with E-state index >= 15 is 0 Å². The van der Waals surface area contributed by atoms with E-state index in [0.29, 0.717) is 23.3 Å². The van der Waals surface area contributed by atoms with Crippen molar-refractivity contribution in [2.24, 2.45) is 0 Å². The van der Waals surface area contributed by atoms with Gasteiger partial charge in [-0.15, -0.1) is 0 Å². The number of carbonyl (C=O) groups is 2. The van der Waals surface area contributed by atoms with Crippen LogP contribution in [0.2, 0.25) is 0 Å². The molecule has 3 rings (SSSR count). The molecule has 1 saturated heterocycles. The lowest BCUT2D eigenvalue weighted by molar-refractivity contribution is -0.149. The highest BCUT2D eigenvalue weighted by Gasteiger charge is 2.34. The number of nitrogens with one attached hydrogen (secondary N) is 1. The molecule has 0 radical (unpaired) electrons. The number of imide groups is 1. The highest BCUT2D eigenvalue weighted by Crippen LogP contribution is 2.26. The standard InChI is InChI=1S/C12H12N4O2S/c1-15-9(17)5-4-8(11(15)18)16-10-7(14-12(16)19)3-2-6-13-10/h2-3,6,8H,4-5H2,1H3,(H,14,19). The number of rotatable bonds is 1. The zero-order chi connectivity index (χ0) is 13.6. The predicted octanol–water partition coefficient (Wildman–Crippen LogP) is 1.41. The maximum absolute atomic E-state index is 12.2. The quantitative estimate of drug-likeness (QED) is 0.631. The fourth-order valence-corrected chi connectivity index (χ4v) is 2.71. The van der Waals surface area contributed by atoms with E-state index in [1.54, 1.807) is 16.8 Å². The number of aromatic nitrogens is 3. The third kappa shape index (κ3) is 1.77. The Bertz CT molecular complexity index is 733. The normalized spacial score (nSPS) is 20.3. The van der Waals surface area contributed by atoms with E-state index in [4.69, 9.17) is 12.2 Å². The van der Waals surface area contributed by atoms with Crippen LogP contribution in [0, 0.1) is 4.77 Å². The topological polar surface area (TPSA) is 71.0 Å². The van der Waals surface area contributed by atoms with Gasteiger partial charge in [-0.3, -0.25) is 19.1 Å². The number of likely N-dealkylation sites (tertiary alicyclic amines) is 1. The molecule has 1 fully saturated rings. The number of amides is 2. The Morgan fingerprint density at radius 1 is 1.47 bits per heavy atom. The lowest BCUT2D eigenvalue weighted by atomic mass is 10.0. The van der Waals surface area contributed by atoms with Crippen LogP contribution in [0.15, 0.2) is 18.3 Å². The summed E-state index contributed by atoms with van der Waals surface area (Å²) in [6.07, 6.45) is 2.46. The molecule has 0 bridgehead atoms. The second-order valence-electron chi connectivity index (χ2n) is 4.52. The van der Waals surface area contributed by atoms with Gasteiger partial charge in [-0.25, -0.2) is 4.98 Å². The molecular weight excluding hydrogens is 264 g/mol. The minimum absolute atomic E-state index is 0.152. The molecule has 98 valence electrons. The fourth-order valence-electron chi connectivity index (χ4n) is 2.38. The number of pyridine rings is 1. The van der Waals surface area contributed by atoms with Crippen LogP contribution in [0.5, 0.6) is 0 Å². The van der Waals surface area contributed by atoms with Crippen LogP contribution in [0.4, 0.5) is 0 Å². The zero-order valence-electron chi connectivity index (χ0n) is 10.3. The van der Waals surface area contributed by atoms with E-state index in [9.17, 15) is 9.59 Å². The molecule has 2 aromatic heterocycles. The molecule has 7 heteroatoms. The van der Waals surface area contributed by atoms with Gasteiger partial charge in [-0.1, -0.05) is 0 Å². The molecule has 6 nitrogen and oxygen atoms in total. The number of carbonyl (C=O) groups excluding carboxylic acids is 2. The minimum atomic E-state index is -0.459. The van der Waals surface area contributed by atoms with Gasteiger partial charge in [0.15, 0.2) is 10.4 Å². The first-order valence-electron chi connectivity index (χ1n) is 5.95. The van der Waals surface area contributed by atoms with Gasteiger partial charge in [0.2, 0.25) is 5.91 Å². The lowest BCUT2D eigenvalue weighted by Crippen LogP contribution is -2.43. The summed E-state index contributed by atoms with van der Waals surface area (Å²) in [4.78, 5) is 32.2. The molecule has 19 heavy (non-hydrogen) atoms. The van der Waals surface area contributed by atoms with Crippen LogP contribution in [0.3, 0.4) is 0 Å². The molecule has 1 unspecified atom stereocenters. The Morgan fingerprint density at radius 2 is 2.26 bits per heavy atom. The molecule has 1 aliphatic rings. The first-order valence-corrected chi connectivity index (χ1v) is 6.36. The molecule has 0 spiro atoms. The fraction of sp³-hybridized carbons (Fsp3) is 0.333. The van der Waals surface area contributed by atoms with Crippen LogP contribution in [0.1, 0.15) is 18.9 Å². The van der Waals surface area contributed by atoms with Gasteiger partial charge < -0.3 is 4.98 Å². The van der Waals surface area contributed by atoms with Crippen LogP contribution in [-0.2, 0) is 9.59 Å². The first kappa shape index (κ1) is 12.0. The third-order valence-electron chi connectivity index (χ3n) is 3.41. The molecule has 0 aliphatic carbocycles. The lowest BCUT2D eigenvalue weighted by Gasteiger charge is -2.28. The number of hydrogen-bond acceptors (Lipinski definition) is 4. The highest BCUT2D eigenvalue weighted by molar-refractivity contribution is 7.71. The number of likely N-dealkylation sites (N-methyl/N-ethyl adjacent to an activating group) is 1. The third-order valence-corrected chi connectivity index (χ3v) is 3.71. The largest absolute Gasteiger partial charge is 0.329 e. The van der Waals surface area contributed by atoms with Crippen molar-refractivity contribution < 1.29 is 9.59 Å². The van der Waals surface area contributed by atoms with E-state index < -0.39 is 6.04 Å². The monoisotopic (exact) mass is 276 g/mol. The molecule has 0 aromatic carbocycles. The number of hydrogen-bond donors (Lipinski definition) is 1. The SMILES string of the molecule is CN1C(=O)CCC(n2c(=S)[nH]c3cccnc32)C1=O. The number of H-pyrrole nitrogens is 1. The summed E-state index contributed by atoms with van der Waals surface area (Å²) in [5.74, 6) is -0.389. The average molecular weight is 276 g/mol. The zero-order valence-corrected chi connectivity index (χ0v) is 11.1. The summed E-state index contributed by atoms with van der Waals surface area (Å²) in [7, 11) is 1.50. The van der Waals surface area contributed by atoms with Crippen molar-refractivity contribution in [3.05, 3.63) is 23.1 Å². The maximum atomic E-state index is 12.2. The van der Waals surface area contributed by atoms with Gasteiger partial charge in [-0.05, 0) is 30.8 Å². The van der Waals surface area contributed by atoms with Crippen molar-refractivity contribution in [2.75, 3.05) is 7.05 Å². The molecule has 0 saturated carbocycles. The van der Waals surface area contributed by atoms with Gasteiger partial charge in [0.05, 0.1) is 5.52 Å². The van der Waals surface area contributed by atoms with Crippen molar-refractivity contribution in [1.29, 1.82) is 0 Å². The van der Waals surface area contributed by atoms with Crippen molar-refractivity contribution in [3.63, 3.8) is 0 Å². The van der Waals surface area contributed by atoms with Gasteiger partial charge in [0, 0.05) is 19.7 Å². The predicted molar refractivity (Wildman–Crippen MR) is 71.0 cm³/mol. The van der Waals surface area contributed by atoms with Crippen molar-refractivity contribution in [2.45, 2.75) is 18.9 Å². The number of aromatic amines is 1. The van der Waals surface area contributed by atoms with Crippen molar-refractivity contribution in [3.8, 4) is 0 Å². The van der Waals surface area contributed by atoms with Gasteiger partial charge in [0.1, 0.15) is 6.04 Å². The van der Waals surface area contributed by atoms with Crippen molar-refractivity contribution >= 4 is 35.2 Å².